The van der Waals surface area contributed by atoms with Crippen molar-refractivity contribution in [3.63, 3.8) is 0 Å². The number of hydrogen-bond acceptors (Lipinski definition) is 2. The fourth-order valence-corrected chi connectivity index (χ4v) is 1.61. The summed E-state index contributed by atoms with van der Waals surface area (Å²) >= 11 is 0. The Morgan fingerprint density at radius 2 is 2.07 bits per heavy atom. The predicted molar refractivity (Wildman–Crippen MR) is 60.3 cm³/mol. The average Bonchev–Trinajstić information content (AvgIpc) is 2.15. The maximum atomic E-state index is 11.7. The van der Waals surface area contributed by atoms with Crippen LogP contribution >= 0.6 is 0 Å². The quantitative estimate of drug-likeness (QED) is 0.771. The van der Waals surface area contributed by atoms with Gasteiger partial charge >= 0.3 is 0 Å². The van der Waals surface area contributed by atoms with E-state index in [1.807, 2.05) is 39.0 Å². The van der Waals surface area contributed by atoms with E-state index in [2.05, 4.69) is 9.97 Å². The van der Waals surface area contributed by atoms with Gasteiger partial charge < -0.3 is 4.98 Å². The molecular formula is C12H14N2O. The van der Waals surface area contributed by atoms with E-state index < -0.39 is 0 Å². The molecule has 0 aromatic heterocycles. The van der Waals surface area contributed by atoms with Crippen molar-refractivity contribution in [3.05, 3.63) is 39.8 Å². The Bertz CT molecular complexity index is 514. The molecule has 2 rings (SSSR count). The van der Waals surface area contributed by atoms with E-state index >= 15 is 0 Å². The monoisotopic (exact) mass is 202 g/mol. The summed E-state index contributed by atoms with van der Waals surface area (Å²) in [6.45, 7) is 5.95. The van der Waals surface area contributed by atoms with Crippen LogP contribution in [0.2, 0.25) is 0 Å². The van der Waals surface area contributed by atoms with Crippen LogP contribution in [0.25, 0.3) is 11.4 Å². The summed E-state index contributed by atoms with van der Waals surface area (Å²) in [6.07, 6.45) is 0. The number of aryl methyl sites for hydroxylation is 1. The largest absolute Gasteiger partial charge is 0.343 e. The number of hydrogen-bond donors (Lipinski definition) is 1. The van der Waals surface area contributed by atoms with E-state index in [9.17, 15) is 4.79 Å². The van der Waals surface area contributed by atoms with Crippen LogP contribution in [0.15, 0.2) is 23.0 Å². The summed E-state index contributed by atoms with van der Waals surface area (Å²) in [7, 11) is 0. The van der Waals surface area contributed by atoms with Crippen molar-refractivity contribution in [3.8, 4) is 11.4 Å². The van der Waals surface area contributed by atoms with Crippen molar-refractivity contribution in [1.82, 2.24) is 9.97 Å². The maximum Gasteiger partial charge on any atom is 0.275 e. The second-order valence-electron chi connectivity index (χ2n) is 4.12. The molecule has 0 saturated heterocycles. The standard InChI is InChI=1S/C12H14N2O/c1-7(2)10-6-9-5-4-8(3)13-11(9)14-12(10)15/h4-7H,1-3H3,(H,13,14,15). The summed E-state index contributed by atoms with van der Waals surface area (Å²) in [5, 5.41) is 0. The van der Waals surface area contributed by atoms with Gasteiger partial charge in [0.2, 0.25) is 0 Å². The van der Waals surface area contributed by atoms with Crippen LogP contribution in [0, 0.1) is 6.92 Å². The Balaban J connectivity index is 2.73. The van der Waals surface area contributed by atoms with Crippen LogP contribution in [-0.4, -0.2) is 9.97 Å². The highest BCUT2D eigenvalue weighted by atomic mass is 16.1. The Morgan fingerprint density at radius 3 is 2.73 bits per heavy atom. The van der Waals surface area contributed by atoms with Gasteiger partial charge in [-0.15, -0.1) is 0 Å². The topological polar surface area (TPSA) is 45.8 Å². The molecule has 0 aromatic rings. The van der Waals surface area contributed by atoms with Crippen LogP contribution in [-0.2, 0) is 0 Å². The molecule has 2 heterocycles. The van der Waals surface area contributed by atoms with Crippen LogP contribution < -0.4 is 5.56 Å². The van der Waals surface area contributed by atoms with E-state index in [1.165, 1.54) is 0 Å². The van der Waals surface area contributed by atoms with E-state index in [0.29, 0.717) is 5.82 Å². The lowest BCUT2D eigenvalue weighted by Gasteiger charge is -2.09. The molecule has 0 amide bonds. The zero-order valence-corrected chi connectivity index (χ0v) is 9.16. The highest BCUT2D eigenvalue weighted by Crippen LogP contribution is 2.19. The van der Waals surface area contributed by atoms with Gasteiger partial charge in [0.25, 0.3) is 5.56 Å². The number of aromatic amines is 1. The van der Waals surface area contributed by atoms with Crippen LogP contribution in [0.5, 0.6) is 0 Å². The number of nitrogens with one attached hydrogen (secondary N) is 1. The minimum Gasteiger partial charge on any atom is -0.343 e. The van der Waals surface area contributed by atoms with E-state index in [4.69, 9.17) is 0 Å². The van der Waals surface area contributed by atoms with E-state index in [-0.39, 0.29) is 11.5 Å². The SMILES string of the molecule is Cc1ccc2cc(C(C)C)c(=O)nc-2[nH]1. The third kappa shape index (κ3) is 1.77. The number of pyridine rings is 2. The van der Waals surface area contributed by atoms with Crippen molar-refractivity contribution in [1.29, 1.82) is 0 Å². The molecule has 0 aromatic carbocycles. The van der Waals surface area contributed by atoms with Crippen molar-refractivity contribution >= 4 is 0 Å². The van der Waals surface area contributed by atoms with Gasteiger partial charge in [0.1, 0.15) is 5.82 Å². The normalized spacial score (nSPS) is 11.2. The van der Waals surface area contributed by atoms with Gasteiger partial charge in [0, 0.05) is 16.8 Å². The second-order valence-corrected chi connectivity index (χ2v) is 4.12. The third-order valence-electron chi connectivity index (χ3n) is 2.50. The highest BCUT2D eigenvalue weighted by Gasteiger charge is 2.11. The molecule has 0 radical (unpaired) electrons. The van der Waals surface area contributed by atoms with Crippen molar-refractivity contribution in [2.45, 2.75) is 26.7 Å². The molecule has 78 valence electrons. The van der Waals surface area contributed by atoms with E-state index in [1.54, 1.807) is 0 Å². The Kier molecular flexibility index (Phi) is 2.31. The Morgan fingerprint density at radius 1 is 1.33 bits per heavy atom. The van der Waals surface area contributed by atoms with Crippen molar-refractivity contribution < 1.29 is 0 Å². The predicted octanol–water partition coefficient (Wildman–Crippen LogP) is 2.31. The Labute approximate surface area is 88.5 Å². The van der Waals surface area contributed by atoms with Gasteiger partial charge in [-0.3, -0.25) is 4.79 Å². The molecular weight excluding hydrogens is 188 g/mol. The maximum absolute atomic E-state index is 11.7. The molecule has 2 aliphatic rings. The van der Waals surface area contributed by atoms with E-state index in [0.717, 1.165) is 16.8 Å². The van der Waals surface area contributed by atoms with Gasteiger partial charge in [-0.25, -0.2) is 0 Å². The zero-order chi connectivity index (χ0) is 11.0. The first-order valence-corrected chi connectivity index (χ1v) is 5.08. The third-order valence-corrected chi connectivity index (χ3v) is 2.50. The molecule has 2 aliphatic heterocycles. The molecule has 0 saturated carbocycles. The molecule has 0 bridgehead atoms. The molecule has 0 atom stereocenters. The summed E-state index contributed by atoms with van der Waals surface area (Å²) in [5.41, 5.74) is 2.65. The molecule has 15 heavy (non-hydrogen) atoms. The van der Waals surface area contributed by atoms with Gasteiger partial charge in [-0.05, 0) is 31.0 Å². The molecule has 0 spiro atoms. The Hall–Kier alpha value is -1.64. The van der Waals surface area contributed by atoms with Gasteiger partial charge in [0.15, 0.2) is 0 Å². The smallest absolute Gasteiger partial charge is 0.275 e. The van der Waals surface area contributed by atoms with Crippen LogP contribution in [0.4, 0.5) is 0 Å². The van der Waals surface area contributed by atoms with Crippen LogP contribution in [0.3, 0.4) is 0 Å². The lowest BCUT2D eigenvalue weighted by Crippen LogP contribution is -2.16. The number of H-pyrrole nitrogens is 1. The molecule has 1 N–H and O–H groups in total. The molecule has 0 aliphatic carbocycles. The highest BCUT2D eigenvalue weighted by molar-refractivity contribution is 5.57. The zero-order valence-electron chi connectivity index (χ0n) is 9.16. The summed E-state index contributed by atoms with van der Waals surface area (Å²) in [6, 6.07) is 5.89. The minimum absolute atomic E-state index is 0.126. The number of aromatic nitrogens is 2. The average molecular weight is 202 g/mol. The van der Waals surface area contributed by atoms with Crippen molar-refractivity contribution in [2.75, 3.05) is 0 Å². The number of rotatable bonds is 1. The summed E-state index contributed by atoms with van der Waals surface area (Å²) in [5.74, 6) is 0.889. The first-order chi connectivity index (χ1) is 7.08. The molecule has 0 unspecified atom stereocenters. The fourth-order valence-electron chi connectivity index (χ4n) is 1.61. The van der Waals surface area contributed by atoms with Gasteiger partial charge in [-0.1, -0.05) is 13.8 Å². The number of nitrogens with zero attached hydrogens (tertiary/aromatic N) is 1. The summed E-state index contributed by atoms with van der Waals surface area (Å²) < 4.78 is 0. The lowest BCUT2D eigenvalue weighted by atomic mass is 10.0. The fraction of sp³-hybridized carbons (Fsp3) is 0.333. The van der Waals surface area contributed by atoms with Gasteiger partial charge in [0.05, 0.1) is 0 Å². The van der Waals surface area contributed by atoms with Crippen LogP contribution in [0.1, 0.15) is 31.0 Å². The summed E-state index contributed by atoms with van der Waals surface area (Å²) in [4.78, 5) is 18.8. The molecule has 3 nitrogen and oxygen atoms in total. The lowest BCUT2D eigenvalue weighted by molar-refractivity contribution is 0.841. The van der Waals surface area contributed by atoms with Crippen molar-refractivity contribution in [2.24, 2.45) is 0 Å². The first kappa shape index (κ1) is 9.90. The molecule has 3 heteroatoms. The number of fused-ring (bicyclic) bond motifs is 1. The molecule has 0 fully saturated rings. The second kappa shape index (κ2) is 3.50. The van der Waals surface area contributed by atoms with Gasteiger partial charge in [-0.2, -0.15) is 4.98 Å². The minimum atomic E-state index is -0.126. The first-order valence-electron chi connectivity index (χ1n) is 5.08.